The van der Waals surface area contributed by atoms with Crippen LogP contribution in [0, 0.1) is 10.1 Å². The van der Waals surface area contributed by atoms with Crippen LogP contribution in [0.2, 0.25) is 0 Å². The lowest BCUT2D eigenvalue weighted by atomic mass is 10.2. The number of nitrogens with zero attached hydrogens (tertiary/aromatic N) is 2. The van der Waals surface area contributed by atoms with Crippen LogP contribution in [0.25, 0.3) is 0 Å². The van der Waals surface area contributed by atoms with E-state index < -0.39 is 10.8 Å². The van der Waals surface area contributed by atoms with Gasteiger partial charge in [0.1, 0.15) is 0 Å². The second-order valence-corrected chi connectivity index (χ2v) is 6.33. The van der Waals surface area contributed by atoms with Crippen LogP contribution in [0.4, 0.5) is 5.69 Å². The summed E-state index contributed by atoms with van der Waals surface area (Å²) >= 11 is 0. The van der Waals surface area contributed by atoms with Gasteiger partial charge in [-0.2, -0.15) is 5.10 Å². The number of nitro groups is 1. The van der Waals surface area contributed by atoms with E-state index in [2.05, 4.69) is 17.5 Å². The third-order valence-electron chi connectivity index (χ3n) is 4.14. The zero-order valence-electron chi connectivity index (χ0n) is 16.6. The Labute approximate surface area is 169 Å². The fourth-order valence-corrected chi connectivity index (χ4v) is 2.59. The van der Waals surface area contributed by atoms with Gasteiger partial charge in [-0.15, -0.1) is 0 Å². The molecule has 0 aliphatic carbocycles. The predicted molar refractivity (Wildman–Crippen MR) is 111 cm³/mol. The lowest BCUT2D eigenvalue weighted by molar-refractivity contribution is -0.384. The highest BCUT2D eigenvalue weighted by Gasteiger charge is 2.11. The molecule has 0 heterocycles. The Kier molecular flexibility index (Phi) is 8.62. The summed E-state index contributed by atoms with van der Waals surface area (Å²) in [7, 11) is 1.56. The van der Waals surface area contributed by atoms with Gasteiger partial charge in [0.25, 0.3) is 11.6 Å². The van der Waals surface area contributed by atoms with Crippen molar-refractivity contribution in [2.75, 3.05) is 13.7 Å². The molecule has 0 aliphatic rings. The number of hydrogen-bond donors (Lipinski definition) is 1. The quantitative estimate of drug-likeness (QED) is 0.262. The van der Waals surface area contributed by atoms with Gasteiger partial charge in [-0.1, -0.05) is 32.3 Å². The topological polar surface area (TPSA) is 103 Å². The van der Waals surface area contributed by atoms with E-state index >= 15 is 0 Å². The van der Waals surface area contributed by atoms with Crippen LogP contribution in [0.1, 0.15) is 48.5 Å². The lowest BCUT2D eigenvalue weighted by Gasteiger charge is -2.11. The molecule has 8 nitrogen and oxygen atoms in total. The lowest BCUT2D eigenvalue weighted by Crippen LogP contribution is -2.17. The zero-order valence-corrected chi connectivity index (χ0v) is 16.6. The Morgan fingerprint density at radius 3 is 2.72 bits per heavy atom. The van der Waals surface area contributed by atoms with Crippen LogP contribution in [-0.4, -0.2) is 30.8 Å². The molecule has 0 unspecified atom stereocenters. The summed E-state index contributed by atoms with van der Waals surface area (Å²) in [5.41, 5.74) is 3.06. The molecule has 0 spiro atoms. The van der Waals surface area contributed by atoms with Crippen molar-refractivity contribution < 1.29 is 19.2 Å². The van der Waals surface area contributed by atoms with Crippen LogP contribution >= 0.6 is 0 Å². The van der Waals surface area contributed by atoms with E-state index in [-0.39, 0.29) is 11.3 Å². The first-order valence-electron chi connectivity index (χ1n) is 9.44. The Bertz CT molecular complexity index is 867. The Morgan fingerprint density at radius 1 is 1.17 bits per heavy atom. The van der Waals surface area contributed by atoms with Crippen LogP contribution in [0.15, 0.2) is 47.6 Å². The van der Waals surface area contributed by atoms with Crippen molar-refractivity contribution in [3.8, 4) is 11.5 Å². The summed E-state index contributed by atoms with van der Waals surface area (Å²) in [5, 5.41) is 14.7. The molecule has 0 atom stereocenters. The molecule has 29 heavy (non-hydrogen) atoms. The second-order valence-electron chi connectivity index (χ2n) is 6.33. The highest BCUT2D eigenvalue weighted by atomic mass is 16.6. The van der Waals surface area contributed by atoms with Crippen molar-refractivity contribution in [3.63, 3.8) is 0 Å². The maximum Gasteiger partial charge on any atom is 0.271 e. The van der Waals surface area contributed by atoms with Gasteiger partial charge in [-0.25, -0.2) is 5.43 Å². The molecule has 1 amide bonds. The molecule has 8 heteroatoms. The number of hydrogen-bond acceptors (Lipinski definition) is 6. The van der Waals surface area contributed by atoms with Gasteiger partial charge in [0.05, 0.1) is 24.9 Å². The number of carbonyl (C=O) groups excluding carboxylic acids is 1. The van der Waals surface area contributed by atoms with Crippen molar-refractivity contribution in [2.24, 2.45) is 5.10 Å². The second kappa shape index (κ2) is 11.4. The SMILES string of the molecule is CCCCCCOc1ccc(/C=N/NC(=O)c2cccc([N+](=O)[O-])c2)cc1OC. The summed E-state index contributed by atoms with van der Waals surface area (Å²) in [5.74, 6) is 0.695. The van der Waals surface area contributed by atoms with Gasteiger partial charge in [0.2, 0.25) is 0 Å². The molecule has 2 aromatic carbocycles. The van der Waals surface area contributed by atoms with E-state index in [1.54, 1.807) is 25.3 Å². The third kappa shape index (κ3) is 6.91. The summed E-state index contributed by atoms with van der Waals surface area (Å²) in [6, 6.07) is 10.8. The minimum Gasteiger partial charge on any atom is -0.493 e. The van der Waals surface area contributed by atoms with Crippen LogP contribution in [0.3, 0.4) is 0 Å². The molecule has 2 rings (SSSR count). The molecule has 2 aromatic rings. The molecule has 0 radical (unpaired) electrons. The minimum absolute atomic E-state index is 0.153. The Hall–Kier alpha value is -3.42. The molecule has 0 aliphatic heterocycles. The Balaban J connectivity index is 1.95. The molecule has 0 aromatic heterocycles. The number of non-ortho nitro benzene ring substituents is 1. The molecule has 1 N–H and O–H groups in total. The number of methoxy groups -OCH3 is 1. The van der Waals surface area contributed by atoms with E-state index in [0.29, 0.717) is 23.7 Å². The largest absolute Gasteiger partial charge is 0.493 e. The summed E-state index contributed by atoms with van der Waals surface area (Å²) in [4.78, 5) is 22.3. The maximum atomic E-state index is 12.1. The van der Waals surface area contributed by atoms with E-state index in [0.717, 1.165) is 12.8 Å². The van der Waals surface area contributed by atoms with Crippen LogP contribution in [-0.2, 0) is 0 Å². The molecular weight excluding hydrogens is 374 g/mol. The van der Waals surface area contributed by atoms with Gasteiger partial charge in [-0.3, -0.25) is 14.9 Å². The summed E-state index contributed by atoms with van der Waals surface area (Å²) < 4.78 is 11.1. The number of nitrogens with one attached hydrogen (secondary N) is 1. The fourth-order valence-electron chi connectivity index (χ4n) is 2.59. The Morgan fingerprint density at radius 2 is 2.00 bits per heavy atom. The highest BCUT2D eigenvalue weighted by Crippen LogP contribution is 2.27. The van der Waals surface area contributed by atoms with E-state index in [4.69, 9.17) is 9.47 Å². The number of hydrazone groups is 1. The number of nitro benzene ring substituents is 1. The minimum atomic E-state index is -0.556. The van der Waals surface area contributed by atoms with Gasteiger partial charge >= 0.3 is 0 Å². The van der Waals surface area contributed by atoms with Gasteiger partial charge < -0.3 is 9.47 Å². The molecule has 154 valence electrons. The third-order valence-corrected chi connectivity index (χ3v) is 4.14. The normalized spacial score (nSPS) is 10.7. The zero-order chi connectivity index (χ0) is 21.1. The van der Waals surface area contributed by atoms with Gasteiger partial charge in [-0.05, 0) is 36.2 Å². The molecular formula is C21H25N3O5. The van der Waals surface area contributed by atoms with E-state index in [1.807, 2.05) is 0 Å². The smallest absolute Gasteiger partial charge is 0.271 e. The fraction of sp³-hybridized carbons (Fsp3) is 0.333. The maximum absolute atomic E-state index is 12.1. The van der Waals surface area contributed by atoms with Crippen molar-refractivity contribution in [3.05, 3.63) is 63.7 Å². The van der Waals surface area contributed by atoms with Crippen molar-refractivity contribution in [1.82, 2.24) is 5.43 Å². The van der Waals surface area contributed by atoms with Gasteiger partial charge in [0, 0.05) is 17.7 Å². The molecule has 0 fully saturated rings. The van der Waals surface area contributed by atoms with Crippen molar-refractivity contribution in [2.45, 2.75) is 32.6 Å². The first-order valence-corrected chi connectivity index (χ1v) is 9.44. The average Bonchev–Trinajstić information content (AvgIpc) is 2.74. The molecule has 0 saturated carbocycles. The van der Waals surface area contributed by atoms with Crippen molar-refractivity contribution in [1.29, 1.82) is 0 Å². The van der Waals surface area contributed by atoms with Crippen LogP contribution in [0.5, 0.6) is 11.5 Å². The monoisotopic (exact) mass is 399 g/mol. The number of amides is 1. The summed E-state index contributed by atoms with van der Waals surface area (Å²) in [6.45, 7) is 2.79. The van der Waals surface area contributed by atoms with E-state index in [1.165, 1.54) is 43.3 Å². The van der Waals surface area contributed by atoms with E-state index in [9.17, 15) is 14.9 Å². The first-order chi connectivity index (χ1) is 14.0. The number of benzene rings is 2. The van der Waals surface area contributed by atoms with Crippen LogP contribution < -0.4 is 14.9 Å². The number of unbranched alkanes of at least 4 members (excludes halogenated alkanes) is 3. The highest BCUT2D eigenvalue weighted by molar-refractivity contribution is 5.95. The number of rotatable bonds is 11. The first kappa shape index (κ1) is 21.9. The predicted octanol–water partition coefficient (Wildman–Crippen LogP) is 4.33. The number of ether oxygens (including phenoxy) is 2. The van der Waals surface area contributed by atoms with Crippen molar-refractivity contribution >= 4 is 17.8 Å². The summed E-state index contributed by atoms with van der Waals surface area (Å²) in [6.07, 6.45) is 5.95. The average molecular weight is 399 g/mol. The standard InChI is InChI=1S/C21H25N3O5/c1-3-4-5-6-12-29-19-11-10-16(13-20(19)28-2)15-22-23-21(25)17-8-7-9-18(14-17)24(26)27/h7-11,13-15H,3-6,12H2,1-2H3,(H,23,25)/b22-15+. The molecule has 0 saturated heterocycles. The molecule has 0 bridgehead atoms. The number of carbonyl (C=O) groups is 1. The van der Waals surface area contributed by atoms with Gasteiger partial charge in [0.15, 0.2) is 11.5 Å².